The zero-order valence-corrected chi connectivity index (χ0v) is 22.0. The van der Waals surface area contributed by atoms with Crippen molar-refractivity contribution in [3.63, 3.8) is 0 Å². The summed E-state index contributed by atoms with van der Waals surface area (Å²) < 4.78 is 18.3. The Morgan fingerprint density at radius 1 is 1.31 bits per heavy atom. The smallest absolute Gasteiger partial charge is 0.345 e. The van der Waals surface area contributed by atoms with E-state index in [1.165, 1.54) is 6.92 Å². The molecule has 36 heavy (non-hydrogen) atoms. The molecule has 3 heterocycles. The van der Waals surface area contributed by atoms with Crippen LogP contribution in [0.4, 0.5) is 0 Å². The zero-order chi connectivity index (χ0) is 26.0. The minimum absolute atomic E-state index is 0.00155. The molecule has 2 aliphatic carbocycles. The van der Waals surface area contributed by atoms with Gasteiger partial charge in [0.1, 0.15) is 28.8 Å². The highest BCUT2D eigenvalue weighted by molar-refractivity contribution is 5.66. The van der Waals surface area contributed by atoms with Crippen LogP contribution in [0, 0.1) is 28.6 Å². The largest absolute Gasteiger partial charge is 0.482 e. The number of rotatable bonds is 3. The first kappa shape index (κ1) is 25.0. The van der Waals surface area contributed by atoms with Crippen molar-refractivity contribution in [3.8, 4) is 17.1 Å². The van der Waals surface area contributed by atoms with Crippen LogP contribution in [-0.2, 0) is 9.53 Å². The van der Waals surface area contributed by atoms with Crippen LogP contribution in [0.3, 0.4) is 0 Å². The molecule has 2 fully saturated rings. The number of aliphatic hydroxyl groups is 1. The topological polar surface area (TPSA) is 98.9 Å². The first-order valence-electron chi connectivity index (χ1n) is 13.1. The summed E-state index contributed by atoms with van der Waals surface area (Å²) in [5.41, 5.74) is -1.17. The Kier molecular flexibility index (Phi) is 5.86. The van der Waals surface area contributed by atoms with Gasteiger partial charge in [0, 0.05) is 36.9 Å². The van der Waals surface area contributed by atoms with Gasteiger partial charge in [-0.1, -0.05) is 34.1 Å². The van der Waals surface area contributed by atoms with E-state index >= 15 is 0 Å². The monoisotopic (exact) mass is 495 g/mol. The van der Waals surface area contributed by atoms with E-state index in [4.69, 9.17) is 13.9 Å². The molecule has 8 atom stereocenters. The van der Waals surface area contributed by atoms with Crippen LogP contribution >= 0.6 is 0 Å². The van der Waals surface area contributed by atoms with E-state index in [0.717, 1.165) is 19.3 Å². The summed E-state index contributed by atoms with van der Waals surface area (Å²) in [6.07, 6.45) is 5.13. The molecule has 5 rings (SSSR count). The minimum atomic E-state index is -1.11. The number of carbonyl (C=O) groups is 1. The third-order valence-corrected chi connectivity index (χ3v) is 10.2. The van der Waals surface area contributed by atoms with Crippen molar-refractivity contribution in [2.45, 2.75) is 85.0 Å². The van der Waals surface area contributed by atoms with Crippen molar-refractivity contribution in [2.24, 2.45) is 28.6 Å². The van der Waals surface area contributed by atoms with Crippen molar-refractivity contribution in [3.05, 3.63) is 46.6 Å². The predicted octanol–water partition coefficient (Wildman–Crippen LogP) is 5.31. The van der Waals surface area contributed by atoms with Gasteiger partial charge in [0.05, 0.1) is 6.10 Å². The number of carbonyl (C=O) groups excluding carboxylic acids is 1. The van der Waals surface area contributed by atoms with Gasteiger partial charge in [-0.15, -0.1) is 0 Å². The maximum absolute atomic E-state index is 13.3. The van der Waals surface area contributed by atoms with Gasteiger partial charge in [-0.3, -0.25) is 9.78 Å². The average Bonchev–Trinajstić information content (AvgIpc) is 2.82. The van der Waals surface area contributed by atoms with Crippen molar-refractivity contribution in [1.82, 2.24) is 4.98 Å². The molecule has 1 aliphatic heterocycles. The first-order chi connectivity index (χ1) is 17.0. The summed E-state index contributed by atoms with van der Waals surface area (Å²) in [6, 6.07) is 5.20. The molecule has 194 valence electrons. The second-order valence-corrected chi connectivity index (χ2v) is 11.8. The molecule has 2 aromatic rings. The van der Waals surface area contributed by atoms with Crippen LogP contribution in [0.25, 0.3) is 11.3 Å². The van der Waals surface area contributed by atoms with Crippen molar-refractivity contribution in [2.75, 3.05) is 0 Å². The minimum Gasteiger partial charge on any atom is -0.482 e. The lowest BCUT2D eigenvalue weighted by Gasteiger charge is -2.67. The fourth-order valence-corrected chi connectivity index (χ4v) is 7.99. The molecule has 1 N–H and O–H groups in total. The quantitative estimate of drug-likeness (QED) is 0.576. The first-order valence-corrected chi connectivity index (χ1v) is 13.1. The summed E-state index contributed by atoms with van der Waals surface area (Å²) in [4.78, 5) is 29.7. The summed E-state index contributed by atoms with van der Waals surface area (Å²) >= 11 is 0. The number of hydrogen-bond acceptors (Lipinski definition) is 7. The molecule has 0 aromatic carbocycles. The number of aliphatic hydroxyl groups excluding tert-OH is 1. The van der Waals surface area contributed by atoms with E-state index in [9.17, 15) is 14.7 Å². The van der Waals surface area contributed by atoms with Crippen molar-refractivity contribution < 1.29 is 23.8 Å². The van der Waals surface area contributed by atoms with E-state index < -0.39 is 29.4 Å². The SMILES string of the molecule is CCC1(C)C2C[C@H](OC(C)=O)[C@@]3(C)Oc4cc(-c5cccnc5)oc(=O)c4[C@H](O)C3[C@@]2(C)CC[C@@H]1C. The molecule has 0 saturated heterocycles. The van der Waals surface area contributed by atoms with Crippen LogP contribution < -0.4 is 10.4 Å². The van der Waals surface area contributed by atoms with Gasteiger partial charge in [0.15, 0.2) is 0 Å². The van der Waals surface area contributed by atoms with E-state index in [-0.39, 0.29) is 34.0 Å². The van der Waals surface area contributed by atoms with E-state index in [1.54, 1.807) is 30.6 Å². The van der Waals surface area contributed by atoms with Crippen LogP contribution in [-0.4, -0.2) is 27.8 Å². The summed E-state index contributed by atoms with van der Waals surface area (Å²) in [5.74, 6) is 0.434. The maximum Gasteiger partial charge on any atom is 0.345 e. The third kappa shape index (κ3) is 3.46. The number of nitrogens with zero attached hydrogens (tertiary/aromatic N) is 1. The predicted molar refractivity (Wildman–Crippen MR) is 134 cm³/mol. The zero-order valence-electron chi connectivity index (χ0n) is 22.0. The molecule has 2 saturated carbocycles. The maximum atomic E-state index is 13.3. The molecule has 0 bridgehead atoms. The Morgan fingerprint density at radius 2 is 2.06 bits per heavy atom. The molecule has 0 amide bonds. The normalized spacial score (nSPS) is 39.2. The number of fused-ring (bicyclic) bond motifs is 4. The summed E-state index contributed by atoms with van der Waals surface area (Å²) in [6.45, 7) is 12.4. The van der Waals surface area contributed by atoms with Crippen LogP contribution in [0.1, 0.15) is 78.9 Å². The molecule has 7 nitrogen and oxygen atoms in total. The standard InChI is InChI=1S/C29H37NO6/c1-7-27(4)16(2)10-11-28(5)21(27)14-22(34-17(3)31)29(6)25(28)24(32)23-20(36-29)13-19(35-26(23)33)18-9-8-12-30-15-18/h8-9,12-13,15-16,21-22,24-25,32H,7,10-11,14H2,1-6H3/t16-,21?,22-,24-,25?,27?,28-,29+/m0/s1. The van der Waals surface area contributed by atoms with Gasteiger partial charge in [0.25, 0.3) is 0 Å². The second kappa shape index (κ2) is 8.44. The number of aromatic nitrogens is 1. The van der Waals surface area contributed by atoms with Gasteiger partial charge in [-0.25, -0.2) is 4.79 Å². The Hall–Kier alpha value is -2.67. The fourth-order valence-electron chi connectivity index (χ4n) is 7.99. The molecule has 3 unspecified atom stereocenters. The highest BCUT2D eigenvalue weighted by atomic mass is 16.6. The molecule has 0 spiro atoms. The van der Waals surface area contributed by atoms with Gasteiger partial charge in [-0.2, -0.15) is 0 Å². The van der Waals surface area contributed by atoms with Gasteiger partial charge >= 0.3 is 11.6 Å². The van der Waals surface area contributed by atoms with Gasteiger partial charge in [-0.05, 0) is 61.0 Å². The van der Waals surface area contributed by atoms with E-state index in [1.807, 2.05) is 6.92 Å². The third-order valence-electron chi connectivity index (χ3n) is 10.2. The lowest BCUT2D eigenvalue weighted by atomic mass is 9.41. The Labute approximate surface area is 212 Å². The Bertz CT molecular complexity index is 1230. The van der Waals surface area contributed by atoms with Crippen LogP contribution in [0.15, 0.2) is 39.8 Å². The number of esters is 1. The molecule has 0 radical (unpaired) electrons. The molecule has 7 heteroatoms. The highest BCUT2D eigenvalue weighted by Gasteiger charge is 2.69. The van der Waals surface area contributed by atoms with E-state index in [2.05, 4.69) is 32.7 Å². The summed E-state index contributed by atoms with van der Waals surface area (Å²) in [5, 5.41) is 11.9. The van der Waals surface area contributed by atoms with Crippen LogP contribution in [0.2, 0.25) is 0 Å². The molecule has 2 aromatic heterocycles. The fraction of sp³-hybridized carbons (Fsp3) is 0.621. The highest BCUT2D eigenvalue weighted by Crippen LogP contribution is 2.68. The average molecular weight is 496 g/mol. The van der Waals surface area contributed by atoms with E-state index in [0.29, 0.717) is 23.7 Å². The molecule has 3 aliphatic rings. The Balaban J connectivity index is 1.69. The van der Waals surface area contributed by atoms with Gasteiger partial charge in [0.2, 0.25) is 0 Å². The number of ether oxygens (including phenoxy) is 2. The van der Waals surface area contributed by atoms with Crippen molar-refractivity contribution >= 4 is 5.97 Å². The lowest BCUT2D eigenvalue weighted by molar-refractivity contribution is -0.258. The van der Waals surface area contributed by atoms with Crippen molar-refractivity contribution in [1.29, 1.82) is 0 Å². The number of hydrogen-bond donors (Lipinski definition) is 1. The second-order valence-electron chi connectivity index (χ2n) is 11.8. The van der Waals surface area contributed by atoms with Gasteiger partial charge < -0.3 is 19.0 Å². The van der Waals surface area contributed by atoms with Crippen LogP contribution in [0.5, 0.6) is 5.75 Å². The molecular weight excluding hydrogens is 458 g/mol. The lowest BCUT2D eigenvalue weighted by Crippen LogP contribution is -2.70. The number of pyridine rings is 1. The molecular formula is C29H37NO6. The summed E-state index contributed by atoms with van der Waals surface area (Å²) in [7, 11) is 0. The Morgan fingerprint density at radius 3 is 2.69 bits per heavy atom.